The van der Waals surface area contributed by atoms with Crippen molar-refractivity contribution in [1.29, 1.82) is 0 Å². The zero-order chi connectivity index (χ0) is 18.8. The van der Waals surface area contributed by atoms with Gasteiger partial charge in [0.25, 0.3) is 0 Å². The predicted octanol–water partition coefficient (Wildman–Crippen LogP) is 2.19. The van der Waals surface area contributed by atoms with Crippen molar-refractivity contribution in [3.05, 3.63) is 59.7 Å². The van der Waals surface area contributed by atoms with Gasteiger partial charge in [-0.25, -0.2) is 9.37 Å². The zero-order valence-corrected chi connectivity index (χ0v) is 14.8. The first kappa shape index (κ1) is 17.4. The smallest absolute Gasteiger partial charge is 0.187 e. The molecule has 3 aromatic rings. The van der Waals surface area contributed by atoms with Crippen molar-refractivity contribution < 1.29 is 9.18 Å². The Hall–Kier alpha value is -3.06. The van der Waals surface area contributed by atoms with Crippen LogP contribution in [0.25, 0.3) is 11.0 Å². The first-order valence-electron chi connectivity index (χ1n) is 8.90. The van der Waals surface area contributed by atoms with Gasteiger partial charge in [-0.3, -0.25) is 9.78 Å². The van der Waals surface area contributed by atoms with Crippen molar-refractivity contribution in [3.63, 3.8) is 0 Å². The average Bonchev–Trinajstić information content (AvgIpc) is 2.70. The highest BCUT2D eigenvalue weighted by molar-refractivity contribution is 5.97. The Labute approximate surface area is 156 Å². The lowest BCUT2D eigenvalue weighted by molar-refractivity contribution is 0.0988. The van der Waals surface area contributed by atoms with Crippen molar-refractivity contribution in [2.75, 3.05) is 36.8 Å². The summed E-state index contributed by atoms with van der Waals surface area (Å²) in [4.78, 5) is 23.7. The number of anilines is 2. The van der Waals surface area contributed by atoms with Crippen LogP contribution in [0.4, 0.5) is 15.8 Å². The van der Waals surface area contributed by atoms with Crippen LogP contribution in [0.2, 0.25) is 0 Å². The van der Waals surface area contributed by atoms with Gasteiger partial charge in [0.1, 0.15) is 11.5 Å². The van der Waals surface area contributed by atoms with Gasteiger partial charge in [0.05, 0.1) is 17.2 Å². The second-order valence-corrected chi connectivity index (χ2v) is 6.61. The number of carbonyl (C=O) groups excluding carboxylic acids is 1. The first-order valence-corrected chi connectivity index (χ1v) is 8.90. The van der Waals surface area contributed by atoms with E-state index in [4.69, 9.17) is 5.73 Å². The minimum atomic E-state index is -0.422. The van der Waals surface area contributed by atoms with E-state index in [0.29, 0.717) is 11.1 Å². The van der Waals surface area contributed by atoms with Gasteiger partial charge in [-0.05, 0) is 35.9 Å². The number of ketones is 1. The number of hydrogen-bond donors (Lipinski definition) is 2. The third-order valence-electron chi connectivity index (χ3n) is 4.75. The number of benzene rings is 2. The SMILES string of the molecule is Nc1cc(F)ccc1CC(=O)c1cnc2cc(N3CCNCC3)ccc2n1. The van der Waals surface area contributed by atoms with Crippen molar-refractivity contribution >= 4 is 28.2 Å². The van der Waals surface area contributed by atoms with E-state index in [1.54, 1.807) is 0 Å². The van der Waals surface area contributed by atoms with E-state index in [9.17, 15) is 9.18 Å². The summed E-state index contributed by atoms with van der Waals surface area (Å²) in [5.41, 5.74) is 9.44. The van der Waals surface area contributed by atoms with Crippen LogP contribution in [-0.4, -0.2) is 41.9 Å². The minimum Gasteiger partial charge on any atom is -0.398 e. The van der Waals surface area contributed by atoms with Crippen molar-refractivity contribution in [3.8, 4) is 0 Å². The molecule has 3 N–H and O–H groups in total. The van der Waals surface area contributed by atoms with E-state index in [2.05, 4.69) is 20.2 Å². The van der Waals surface area contributed by atoms with E-state index in [1.807, 2.05) is 18.2 Å². The summed E-state index contributed by atoms with van der Waals surface area (Å²) >= 11 is 0. The van der Waals surface area contributed by atoms with Gasteiger partial charge in [-0.15, -0.1) is 0 Å². The second kappa shape index (κ2) is 7.28. The van der Waals surface area contributed by atoms with Gasteiger partial charge in [-0.1, -0.05) is 6.07 Å². The molecule has 0 unspecified atom stereocenters. The molecule has 0 spiro atoms. The number of aromatic nitrogens is 2. The van der Waals surface area contributed by atoms with E-state index in [-0.39, 0.29) is 23.6 Å². The van der Waals surface area contributed by atoms with Crippen LogP contribution in [0, 0.1) is 5.82 Å². The molecule has 0 radical (unpaired) electrons. The lowest BCUT2D eigenvalue weighted by Crippen LogP contribution is -2.43. The lowest BCUT2D eigenvalue weighted by Gasteiger charge is -2.29. The number of Topliss-reactive ketones (excluding diaryl/α,β-unsaturated/α-hetero) is 1. The third kappa shape index (κ3) is 3.73. The molecule has 2 aromatic carbocycles. The number of nitrogen functional groups attached to an aromatic ring is 1. The second-order valence-electron chi connectivity index (χ2n) is 6.61. The molecule has 0 aliphatic carbocycles. The quantitative estimate of drug-likeness (QED) is 0.545. The number of rotatable bonds is 4. The first-order chi connectivity index (χ1) is 13.1. The maximum atomic E-state index is 13.2. The number of piperazine rings is 1. The van der Waals surface area contributed by atoms with Crippen LogP contribution in [0.5, 0.6) is 0 Å². The number of hydrogen-bond acceptors (Lipinski definition) is 6. The summed E-state index contributed by atoms with van der Waals surface area (Å²) in [7, 11) is 0. The van der Waals surface area contributed by atoms with Crippen LogP contribution >= 0.6 is 0 Å². The van der Waals surface area contributed by atoms with Gasteiger partial charge in [0, 0.05) is 44.0 Å². The Balaban J connectivity index is 1.56. The zero-order valence-electron chi connectivity index (χ0n) is 14.8. The summed E-state index contributed by atoms with van der Waals surface area (Å²) in [5, 5.41) is 3.33. The highest BCUT2D eigenvalue weighted by atomic mass is 19.1. The van der Waals surface area contributed by atoms with Crippen LogP contribution < -0.4 is 16.0 Å². The lowest BCUT2D eigenvalue weighted by atomic mass is 10.1. The molecule has 27 heavy (non-hydrogen) atoms. The van der Waals surface area contributed by atoms with E-state index < -0.39 is 5.82 Å². The summed E-state index contributed by atoms with van der Waals surface area (Å²) < 4.78 is 13.2. The van der Waals surface area contributed by atoms with Crippen molar-refractivity contribution in [2.24, 2.45) is 0 Å². The molecule has 1 saturated heterocycles. The Morgan fingerprint density at radius 1 is 1.15 bits per heavy atom. The van der Waals surface area contributed by atoms with Crippen LogP contribution in [0.3, 0.4) is 0 Å². The van der Waals surface area contributed by atoms with Crippen molar-refractivity contribution in [1.82, 2.24) is 15.3 Å². The number of halogens is 1. The Bertz CT molecular complexity index is 1000. The number of fused-ring (bicyclic) bond motifs is 1. The van der Waals surface area contributed by atoms with E-state index >= 15 is 0 Å². The van der Waals surface area contributed by atoms with E-state index in [1.165, 1.54) is 24.4 Å². The van der Waals surface area contributed by atoms with Crippen molar-refractivity contribution in [2.45, 2.75) is 6.42 Å². The molecular weight excluding hydrogens is 345 g/mol. The summed E-state index contributed by atoms with van der Waals surface area (Å²) in [6.45, 7) is 3.83. The molecular formula is C20H20FN5O. The number of nitrogens with one attached hydrogen (secondary N) is 1. The summed E-state index contributed by atoms with van der Waals surface area (Å²) in [6, 6.07) is 9.93. The Morgan fingerprint density at radius 3 is 2.74 bits per heavy atom. The Kier molecular flexibility index (Phi) is 4.68. The molecule has 4 rings (SSSR count). The van der Waals surface area contributed by atoms with Gasteiger partial charge in [0.2, 0.25) is 0 Å². The molecule has 1 aliphatic rings. The highest BCUT2D eigenvalue weighted by Crippen LogP contribution is 2.21. The monoisotopic (exact) mass is 365 g/mol. The van der Waals surface area contributed by atoms with Crippen LogP contribution in [0.15, 0.2) is 42.6 Å². The normalized spacial score (nSPS) is 14.5. The van der Waals surface area contributed by atoms with Crippen LogP contribution in [-0.2, 0) is 6.42 Å². The maximum absolute atomic E-state index is 13.2. The molecule has 2 heterocycles. The summed E-state index contributed by atoms with van der Waals surface area (Å²) in [5.74, 6) is -0.622. The maximum Gasteiger partial charge on any atom is 0.187 e. The molecule has 1 aromatic heterocycles. The van der Waals surface area contributed by atoms with Gasteiger partial charge in [-0.2, -0.15) is 0 Å². The standard InChI is InChI=1S/C20H20FN5O/c21-14-2-1-13(16(22)10-14)9-20(27)19-12-24-18-11-15(3-4-17(18)25-19)26-7-5-23-6-8-26/h1-4,10-12,23H,5-9,22H2. The molecule has 1 fully saturated rings. The highest BCUT2D eigenvalue weighted by Gasteiger charge is 2.14. The molecule has 1 aliphatic heterocycles. The molecule has 138 valence electrons. The average molecular weight is 365 g/mol. The predicted molar refractivity (Wildman–Crippen MR) is 103 cm³/mol. The van der Waals surface area contributed by atoms with Crippen LogP contribution in [0.1, 0.15) is 16.1 Å². The minimum absolute atomic E-state index is 0.0607. The largest absolute Gasteiger partial charge is 0.398 e. The fourth-order valence-corrected chi connectivity index (χ4v) is 3.24. The third-order valence-corrected chi connectivity index (χ3v) is 4.75. The molecule has 0 bridgehead atoms. The van der Waals surface area contributed by atoms with Gasteiger partial charge >= 0.3 is 0 Å². The molecule has 0 atom stereocenters. The molecule has 0 saturated carbocycles. The molecule has 6 nitrogen and oxygen atoms in total. The fraction of sp³-hybridized carbons (Fsp3) is 0.250. The van der Waals surface area contributed by atoms with Gasteiger partial charge < -0.3 is 16.0 Å². The fourth-order valence-electron chi connectivity index (χ4n) is 3.24. The number of carbonyl (C=O) groups is 1. The molecule has 0 amide bonds. The summed E-state index contributed by atoms with van der Waals surface area (Å²) in [6.07, 6.45) is 1.55. The number of nitrogens with zero attached hydrogens (tertiary/aromatic N) is 3. The van der Waals surface area contributed by atoms with Gasteiger partial charge in [0.15, 0.2) is 5.78 Å². The molecule has 7 heteroatoms. The Morgan fingerprint density at radius 2 is 1.96 bits per heavy atom. The topological polar surface area (TPSA) is 84.1 Å². The van der Waals surface area contributed by atoms with E-state index in [0.717, 1.165) is 37.4 Å². The number of nitrogens with two attached hydrogens (primary N) is 1.